The number of hydrogen-bond donors (Lipinski definition) is 2. The maximum absolute atomic E-state index is 12.7. The third-order valence-electron chi connectivity index (χ3n) is 5.46. The van der Waals surface area contributed by atoms with Crippen LogP contribution < -0.4 is 15.8 Å². The minimum absolute atomic E-state index is 0.102. The highest BCUT2D eigenvalue weighted by Gasteiger charge is 2.27. The second-order valence-corrected chi connectivity index (χ2v) is 7.91. The van der Waals surface area contributed by atoms with Crippen LogP contribution in [0.25, 0.3) is 0 Å². The second-order valence-electron chi connectivity index (χ2n) is 7.47. The van der Waals surface area contributed by atoms with Gasteiger partial charge in [-0.3, -0.25) is 4.79 Å². The number of benzene rings is 1. The number of ether oxygens (including phenoxy) is 1. The average molecular weight is 380 g/mol. The van der Waals surface area contributed by atoms with E-state index in [1.165, 1.54) is 12.8 Å². The van der Waals surface area contributed by atoms with Crippen molar-refractivity contribution in [3.8, 4) is 5.75 Å². The number of nitrogens with zero attached hydrogens (tertiary/aromatic N) is 1. The minimum Gasteiger partial charge on any atom is -0.492 e. The van der Waals surface area contributed by atoms with Gasteiger partial charge in [-0.05, 0) is 62.4 Å². The predicted octanol–water partition coefficient (Wildman–Crippen LogP) is 2.84. The van der Waals surface area contributed by atoms with Crippen LogP contribution in [0.5, 0.6) is 5.75 Å². The summed E-state index contributed by atoms with van der Waals surface area (Å²) < 4.78 is 5.74. The van der Waals surface area contributed by atoms with Crippen LogP contribution in [0.15, 0.2) is 12.1 Å². The normalized spacial score (nSPS) is 23.2. The number of fused-ring (bicyclic) bond motifs is 1. The summed E-state index contributed by atoms with van der Waals surface area (Å²) in [5, 5.41) is 3.64. The fraction of sp³-hybridized carbons (Fsp3) is 0.650. The molecule has 144 valence electrons. The van der Waals surface area contributed by atoms with E-state index in [0.717, 1.165) is 44.5 Å². The molecule has 1 saturated heterocycles. The summed E-state index contributed by atoms with van der Waals surface area (Å²) in [6.07, 6.45) is 5.30. The zero-order chi connectivity index (χ0) is 18.5. The van der Waals surface area contributed by atoms with Crippen LogP contribution in [0.4, 0.5) is 0 Å². The van der Waals surface area contributed by atoms with Gasteiger partial charge in [-0.1, -0.05) is 24.9 Å². The number of halogens is 1. The van der Waals surface area contributed by atoms with Crippen molar-refractivity contribution in [3.63, 3.8) is 0 Å². The second kappa shape index (κ2) is 9.07. The van der Waals surface area contributed by atoms with Gasteiger partial charge in [0.2, 0.25) is 0 Å². The smallest absolute Gasteiger partial charge is 0.255 e. The van der Waals surface area contributed by atoms with E-state index in [2.05, 4.69) is 17.1 Å². The zero-order valence-corrected chi connectivity index (χ0v) is 16.4. The number of rotatable bonds is 6. The van der Waals surface area contributed by atoms with E-state index in [4.69, 9.17) is 22.1 Å². The van der Waals surface area contributed by atoms with Gasteiger partial charge in [0.25, 0.3) is 5.91 Å². The molecule has 2 heterocycles. The van der Waals surface area contributed by atoms with Crippen LogP contribution in [-0.4, -0.2) is 49.6 Å². The van der Waals surface area contributed by atoms with Crippen LogP contribution >= 0.6 is 11.6 Å². The molecule has 2 aliphatic heterocycles. The highest BCUT2D eigenvalue weighted by molar-refractivity contribution is 6.31. The first-order valence-corrected chi connectivity index (χ1v) is 10.2. The number of amides is 1. The first kappa shape index (κ1) is 19.5. The number of hydrogen-bond acceptors (Lipinski definition) is 4. The molecule has 0 bridgehead atoms. The van der Waals surface area contributed by atoms with Gasteiger partial charge in [-0.15, -0.1) is 0 Å². The number of piperidine rings is 1. The van der Waals surface area contributed by atoms with Gasteiger partial charge in [-0.25, -0.2) is 0 Å². The van der Waals surface area contributed by atoms with Gasteiger partial charge in [0.15, 0.2) is 0 Å². The summed E-state index contributed by atoms with van der Waals surface area (Å²) in [5.41, 5.74) is 7.93. The van der Waals surface area contributed by atoms with E-state index in [1.54, 1.807) is 6.07 Å². The number of carbonyl (C=O) groups excluding carboxylic acids is 1. The molecular weight excluding hydrogens is 350 g/mol. The van der Waals surface area contributed by atoms with Crippen molar-refractivity contribution < 1.29 is 9.53 Å². The molecule has 3 rings (SSSR count). The van der Waals surface area contributed by atoms with Gasteiger partial charge in [0.1, 0.15) is 5.75 Å². The van der Waals surface area contributed by atoms with Crippen molar-refractivity contribution in [3.05, 3.63) is 28.3 Å². The number of likely N-dealkylation sites (tertiary alicyclic amines) is 1. The largest absolute Gasteiger partial charge is 0.492 e. The topological polar surface area (TPSA) is 67.6 Å². The maximum atomic E-state index is 12.7. The molecule has 2 aliphatic rings. The molecule has 5 nitrogen and oxygen atoms in total. The van der Waals surface area contributed by atoms with Gasteiger partial charge in [0, 0.05) is 24.2 Å². The molecule has 2 atom stereocenters. The van der Waals surface area contributed by atoms with E-state index in [1.807, 2.05) is 6.07 Å². The van der Waals surface area contributed by atoms with Gasteiger partial charge >= 0.3 is 0 Å². The summed E-state index contributed by atoms with van der Waals surface area (Å²) in [4.78, 5) is 15.2. The molecule has 6 heteroatoms. The lowest BCUT2D eigenvalue weighted by Crippen LogP contribution is -2.51. The Bertz CT molecular complexity index is 638. The Balaban J connectivity index is 1.57. The molecular formula is C20H30ClN3O2. The SMILES string of the molecule is CCCCN1CCC(CNC(=O)c2cc(Cl)cc3c2OCCC3)C(N)C1. The fourth-order valence-electron chi connectivity index (χ4n) is 3.87. The van der Waals surface area contributed by atoms with Crippen LogP contribution in [0.3, 0.4) is 0 Å². The molecule has 0 spiro atoms. The molecule has 1 amide bonds. The third kappa shape index (κ3) is 4.70. The lowest BCUT2D eigenvalue weighted by atomic mass is 9.91. The Hall–Kier alpha value is -1.30. The van der Waals surface area contributed by atoms with Gasteiger partial charge in [0.05, 0.1) is 12.2 Å². The molecule has 26 heavy (non-hydrogen) atoms. The number of nitrogens with one attached hydrogen (secondary N) is 1. The van der Waals surface area contributed by atoms with Crippen molar-refractivity contribution in [1.82, 2.24) is 10.2 Å². The Morgan fingerprint density at radius 3 is 3.08 bits per heavy atom. The first-order valence-electron chi connectivity index (χ1n) is 9.79. The Kier molecular flexibility index (Phi) is 6.79. The highest BCUT2D eigenvalue weighted by atomic mass is 35.5. The molecule has 0 radical (unpaired) electrons. The number of carbonyl (C=O) groups is 1. The predicted molar refractivity (Wildman–Crippen MR) is 105 cm³/mol. The fourth-order valence-corrected chi connectivity index (χ4v) is 4.11. The van der Waals surface area contributed by atoms with Crippen molar-refractivity contribution >= 4 is 17.5 Å². The van der Waals surface area contributed by atoms with Crippen molar-refractivity contribution in [2.75, 3.05) is 32.8 Å². The molecule has 0 saturated carbocycles. The van der Waals surface area contributed by atoms with E-state index in [0.29, 0.717) is 35.4 Å². The van der Waals surface area contributed by atoms with Gasteiger partial charge in [-0.2, -0.15) is 0 Å². The summed E-state index contributed by atoms with van der Waals surface area (Å²) in [7, 11) is 0. The van der Waals surface area contributed by atoms with Crippen LogP contribution in [0, 0.1) is 5.92 Å². The summed E-state index contributed by atoms with van der Waals surface area (Å²) in [5.74, 6) is 0.885. The van der Waals surface area contributed by atoms with E-state index in [9.17, 15) is 4.79 Å². The van der Waals surface area contributed by atoms with Crippen molar-refractivity contribution in [1.29, 1.82) is 0 Å². The van der Waals surface area contributed by atoms with Crippen LogP contribution in [0.1, 0.15) is 48.5 Å². The third-order valence-corrected chi connectivity index (χ3v) is 5.67. The zero-order valence-electron chi connectivity index (χ0n) is 15.6. The van der Waals surface area contributed by atoms with Crippen LogP contribution in [-0.2, 0) is 6.42 Å². The molecule has 1 aromatic rings. The number of nitrogens with two attached hydrogens (primary N) is 1. The Morgan fingerprint density at radius 2 is 2.31 bits per heavy atom. The Labute approximate surface area is 161 Å². The summed E-state index contributed by atoms with van der Waals surface area (Å²) >= 11 is 6.19. The quantitative estimate of drug-likeness (QED) is 0.797. The lowest BCUT2D eigenvalue weighted by Gasteiger charge is -2.36. The molecule has 0 aromatic heterocycles. The molecule has 0 aliphatic carbocycles. The molecule has 2 unspecified atom stereocenters. The van der Waals surface area contributed by atoms with Crippen molar-refractivity contribution in [2.45, 2.75) is 45.1 Å². The maximum Gasteiger partial charge on any atom is 0.255 e. The van der Waals surface area contributed by atoms with E-state index >= 15 is 0 Å². The van der Waals surface area contributed by atoms with E-state index < -0.39 is 0 Å². The standard InChI is InChI=1S/C20H30ClN3O2/c1-2-3-7-24-8-6-15(18(22)13-24)12-23-20(25)17-11-16(21)10-14-5-4-9-26-19(14)17/h10-11,15,18H,2-9,12-13,22H2,1H3,(H,23,25). The highest BCUT2D eigenvalue weighted by Crippen LogP contribution is 2.32. The molecule has 1 fully saturated rings. The van der Waals surface area contributed by atoms with Crippen LogP contribution in [0.2, 0.25) is 5.02 Å². The average Bonchev–Trinajstić information content (AvgIpc) is 2.64. The molecule has 1 aromatic carbocycles. The number of unbranched alkanes of at least 4 members (excludes halogenated alkanes) is 1. The number of aryl methyl sites for hydroxylation is 1. The summed E-state index contributed by atoms with van der Waals surface area (Å²) in [6.45, 7) is 6.55. The summed E-state index contributed by atoms with van der Waals surface area (Å²) in [6, 6.07) is 3.70. The van der Waals surface area contributed by atoms with E-state index in [-0.39, 0.29) is 11.9 Å². The first-order chi connectivity index (χ1) is 12.6. The van der Waals surface area contributed by atoms with Gasteiger partial charge < -0.3 is 20.7 Å². The Morgan fingerprint density at radius 1 is 1.46 bits per heavy atom. The lowest BCUT2D eigenvalue weighted by molar-refractivity contribution is 0.0924. The molecule has 3 N–H and O–H groups in total. The van der Waals surface area contributed by atoms with Crippen molar-refractivity contribution in [2.24, 2.45) is 11.7 Å². The monoisotopic (exact) mass is 379 g/mol. The minimum atomic E-state index is -0.119.